The Bertz CT molecular complexity index is 934. The Hall–Kier alpha value is -3.80. The molecule has 0 unspecified atom stereocenters. The summed E-state index contributed by atoms with van der Waals surface area (Å²) in [6, 6.07) is 22.6. The van der Waals surface area contributed by atoms with Gasteiger partial charge in [-0.25, -0.2) is 5.43 Å². The second-order valence-electron chi connectivity index (χ2n) is 6.54. The molecule has 0 bridgehead atoms. The highest BCUT2D eigenvalue weighted by atomic mass is 16.2. The van der Waals surface area contributed by atoms with Crippen LogP contribution in [0.4, 0.5) is 5.69 Å². The molecular formula is C23H22N4O2. The molecule has 6 heteroatoms. The summed E-state index contributed by atoms with van der Waals surface area (Å²) in [5.41, 5.74) is 5.47. The van der Waals surface area contributed by atoms with Crippen molar-refractivity contribution >= 4 is 23.2 Å². The first kappa shape index (κ1) is 19.9. The number of hydrogen-bond donors (Lipinski definition) is 2. The third-order valence-electron chi connectivity index (χ3n) is 4.25. The van der Waals surface area contributed by atoms with Crippen LogP contribution in [-0.2, 0) is 9.59 Å². The zero-order chi connectivity index (χ0) is 20.5. The van der Waals surface area contributed by atoms with E-state index in [-0.39, 0.29) is 18.2 Å². The Morgan fingerprint density at radius 2 is 1.55 bits per heavy atom. The lowest BCUT2D eigenvalue weighted by molar-refractivity contribution is -0.121. The molecule has 6 nitrogen and oxygen atoms in total. The molecule has 2 aromatic carbocycles. The predicted molar refractivity (Wildman–Crippen MR) is 113 cm³/mol. The van der Waals surface area contributed by atoms with Crippen LogP contribution in [0.1, 0.15) is 30.4 Å². The summed E-state index contributed by atoms with van der Waals surface area (Å²) in [6.07, 6.45) is 3.26. The fourth-order valence-corrected chi connectivity index (χ4v) is 2.92. The number of nitrogens with one attached hydrogen (secondary N) is 2. The normalized spacial score (nSPS) is 11.2. The maximum absolute atomic E-state index is 12.9. The topological polar surface area (TPSA) is 83.4 Å². The van der Waals surface area contributed by atoms with Gasteiger partial charge in [0.15, 0.2) is 0 Å². The predicted octanol–water partition coefficient (Wildman–Crippen LogP) is 3.73. The molecule has 146 valence electrons. The van der Waals surface area contributed by atoms with E-state index in [9.17, 15) is 9.59 Å². The van der Waals surface area contributed by atoms with E-state index in [4.69, 9.17) is 0 Å². The molecular weight excluding hydrogens is 364 g/mol. The highest BCUT2D eigenvalue weighted by Gasteiger charge is 2.22. The van der Waals surface area contributed by atoms with Crippen LogP contribution in [0.25, 0.3) is 0 Å². The number of anilines is 1. The number of nitrogens with zero attached hydrogens (tertiary/aromatic N) is 2. The van der Waals surface area contributed by atoms with Gasteiger partial charge >= 0.3 is 0 Å². The van der Waals surface area contributed by atoms with Crippen molar-refractivity contribution in [2.45, 2.75) is 19.3 Å². The Kier molecular flexibility index (Phi) is 6.84. The van der Waals surface area contributed by atoms with E-state index in [1.165, 1.54) is 0 Å². The number of aromatic nitrogens is 1. The number of amides is 2. The van der Waals surface area contributed by atoms with Crippen molar-refractivity contribution in [2.75, 3.05) is 5.32 Å². The average Bonchev–Trinajstić information content (AvgIpc) is 2.75. The zero-order valence-electron chi connectivity index (χ0n) is 16.1. The third kappa shape index (κ3) is 5.84. The first-order valence-corrected chi connectivity index (χ1v) is 9.26. The van der Waals surface area contributed by atoms with Gasteiger partial charge in [-0.1, -0.05) is 60.7 Å². The molecule has 0 saturated heterocycles. The van der Waals surface area contributed by atoms with E-state index < -0.39 is 5.92 Å². The minimum Gasteiger partial charge on any atom is -0.324 e. The van der Waals surface area contributed by atoms with Crippen LogP contribution in [-0.4, -0.2) is 22.5 Å². The number of pyridine rings is 1. The molecule has 29 heavy (non-hydrogen) atoms. The average molecular weight is 386 g/mol. The van der Waals surface area contributed by atoms with Gasteiger partial charge < -0.3 is 5.32 Å². The maximum Gasteiger partial charge on any atom is 0.252 e. The monoisotopic (exact) mass is 386 g/mol. The largest absolute Gasteiger partial charge is 0.324 e. The Balaban J connectivity index is 1.67. The molecule has 3 rings (SSSR count). The van der Waals surface area contributed by atoms with Crippen LogP contribution >= 0.6 is 0 Å². The van der Waals surface area contributed by atoms with Gasteiger partial charge in [-0.3, -0.25) is 14.6 Å². The first-order chi connectivity index (χ1) is 14.1. The van der Waals surface area contributed by atoms with E-state index in [1.54, 1.807) is 31.5 Å². The first-order valence-electron chi connectivity index (χ1n) is 9.26. The summed E-state index contributed by atoms with van der Waals surface area (Å²) in [4.78, 5) is 29.0. The van der Waals surface area contributed by atoms with Crippen LogP contribution in [0.3, 0.4) is 0 Å². The fraction of sp³-hybridized carbons (Fsp3) is 0.130. The quantitative estimate of drug-likeness (QED) is 0.479. The van der Waals surface area contributed by atoms with Gasteiger partial charge in [-0.05, 0) is 30.2 Å². The molecule has 1 heterocycles. The van der Waals surface area contributed by atoms with Crippen LogP contribution in [0.5, 0.6) is 0 Å². The van der Waals surface area contributed by atoms with Crippen molar-refractivity contribution in [1.29, 1.82) is 0 Å². The van der Waals surface area contributed by atoms with Crippen molar-refractivity contribution < 1.29 is 9.59 Å². The molecule has 0 aliphatic heterocycles. The third-order valence-corrected chi connectivity index (χ3v) is 4.25. The summed E-state index contributed by atoms with van der Waals surface area (Å²) in [6.45, 7) is 1.70. The lowest BCUT2D eigenvalue weighted by Crippen LogP contribution is -2.27. The highest BCUT2D eigenvalue weighted by molar-refractivity contribution is 6.05. The van der Waals surface area contributed by atoms with Crippen molar-refractivity contribution in [2.24, 2.45) is 5.10 Å². The minimum atomic E-state index is -0.488. The Morgan fingerprint density at radius 3 is 2.10 bits per heavy atom. The molecule has 0 aliphatic rings. The number of hydrogen-bond acceptors (Lipinski definition) is 4. The summed E-state index contributed by atoms with van der Waals surface area (Å²) in [5.74, 6) is -0.969. The summed E-state index contributed by atoms with van der Waals surface area (Å²) < 4.78 is 0. The molecule has 0 saturated carbocycles. The molecule has 0 atom stereocenters. The zero-order valence-corrected chi connectivity index (χ0v) is 16.1. The van der Waals surface area contributed by atoms with Crippen LogP contribution < -0.4 is 10.7 Å². The van der Waals surface area contributed by atoms with Crippen molar-refractivity contribution in [1.82, 2.24) is 10.4 Å². The fourth-order valence-electron chi connectivity index (χ4n) is 2.92. The number of benzene rings is 2. The standard InChI is InChI=1S/C23H22N4O2/c1-17(15-21(28)25-20-13-8-14-24-16-20)26-27-23(29)22(18-9-4-2-5-10-18)19-11-6-3-7-12-19/h2-14,16,22H,15H2,1H3,(H,25,28)(H,27,29)/b26-17+. The molecule has 2 amide bonds. The summed E-state index contributed by atoms with van der Waals surface area (Å²) in [7, 11) is 0. The van der Waals surface area contributed by atoms with E-state index >= 15 is 0 Å². The van der Waals surface area contributed by atoms with E-state index in [0.29, 0.717) is 11.4 Å². The SMILES string of the molecule is C/C(CC(=O)Nc1cccnc1)=N\NC(=O)C(c1ccccc1)c1ccccc1. The van der Waals surface area contributed by atoms with Gasteiger partial charge in [0.25, 0.3) is 5.91 Å². The van der Waals surface area contributed by atoms with Crippen LogP contribution in [0.2, 0.25) is 0 Å². The second-order valence-corrected chi connectivity index (χ2v) is 6.54. The smallest absolute Gasteiger partial charge is 0.252 e. The number of carbonyl (C=O) groups is 2. The minimum absolute atomic E-state index is 0.0660. The Labute approximate surface area is 169 Å². The number of carbonyl (C=O) groups excluding carboxylic acids is 2. The molecule has 3 aromatic rings. The molecule has 0 fully saturated rings. The highest BCUT2D eigenvalue weighted by Crippen LogP contribution is 2.24. The molecule has 1 aromatic heterocycles. The van der Waals surface area contributed by atoms with Gasteiger partial charge in [0, 0.05) is 11.9 Å². The van der Waals surface area contributed by atoms with Gasteiger partial charge in [0.2, 0.25) is 5.91 Å². The molecule has 0 aliphatic carbocycles. The van der Waals surface area contributed by atoms with Gasteiger partial charge in [0.05, 0.1) is 24.2 Å². The second kappa shape index (κ2) is 9.94. The number of hydrazone groups is 1. The van der Waals surface area contributed by atoms with Crippen molar-refractivity contribution in [3.8, 4) is 0 Å². The van der Waals surface area contributed by atoms with Gasteiger partial charge in [0.1, 0.15) is 0 Å². The Morgan fingerprint density at radius 1 is 0.931 bits per heavy atom. The van der Waals surface area contributed by atoms with Crippen molar-refractivity contribution in [3.05, 3.63) is 96.3 Å². The summed E-state index contributed by atoms with van der Waals surface area (Å²) >= 11 is 0. The van der Waals surface area contributed by atoms with Crippen molar-refractivity contribution in [3.63, 3.8) is 0 Å². The molecule has 0 spiro atoms. The van der Waals surface area contributed by atoms with Crippen LogP contribution in [0, 0.1) is 0 Å². The van der Waals surface area contributed by atoms with Gasteiger partial charge in [-0.15, -0.1) is 0 Å². The number of rotatable bonds is 7. The molecule has 0 radical (unpaired) electrons. The molecule has 2 N–H and O–H groups in total. The lowest BCUT2D eigenvalue weighted by atomic mass is 9.91. The summed E-state index contributed by atoms with van der Waals surface area (Å²) in [5, 5.41) is 6.86. The van der Waals surface area contributed by atoms with E-state index in [1.807, 2.05) is 60.7 Å². The van der Waals surface area contributed by atoms with Gasteiger partial charge in [-0.2, -0.15) is 5.10 Å². The maximum atomic E-state index is 12.9. The van der Waals surface area contributed by atoms with E-state index in [2.05, 4.69) is 20.8 Å². The lowest BCUT2D eigenvalue weighted by Gasteiger charge is -2.16. The van der Waals surface area contributed by atoms with E-state index in [0.717, 1.165) is 11.1 Å². The van der Waals surface area contributed by atoms with Crippen LogP contribution in [0.15, 0.2) is 90.3 Å².